The predicted octanol–water partition coefficient (Wildman–Crippen LogP) is 3.38. The highest BCUT2D eigenvalue weighted by Crippen LogP contribution is 2.25. The van der Waals surface area contributed by atoms with Crippen molar-refractivity contribution in [1.29, 1.82) is 0 Å². The van der Waals surface area contributed by atoms with Gasteiger partial charge in [-0.2, -0.15) is 0 Å². The number of rotatable bonds is 6. The summed E-state index contributed by atoms with van der Waals surface area (Å²) in [5, 5.41) is 0. The number of hydrogen-bond donors (Lipinski definition) is 0. The minimum Gasteiger partial charge on any atom is -0.378 e. The molecule has 0 saturated carbocycles. The molecular formula is C10H22O. The van der Waals surface area contributed by atoms with Crippen LogP contribution < -0.4 is 0 Å². The average Bonchev–Trinajstić information content (AvgIpc) is 2.08. The molecular weight excluding hydrogens is 136 g/mol. The van der Waals surface area contributed by atoms with Crippen LogP contribution in [-0.2, 0) is 4.74 Å². The van der Waals surface area contributed by atoms with E-state index >= 15 is 0 Å². The first-order chi connectivity index (χ1) is 5.24. The van der Waals surface area contributed by atoms with Crippen LogP contribution in [0.25, 0.3) is 0 Å². The van der Waals surface area contributed by atoms with Gasteiger partial charge in [0, 0.05) is 7.11 Å². The van der Waals surface area contributed by atoms with Crippen LogP contribution in [0.4, 0.5) is 0 Å². The zero-order chi connectivity index (χ0) is 8.74. The number of unbranched alkanes of at least 4 members (excludes halogenated alkanes) is 1. The lowest BCUT2D eigenvalue weighted by Gasteiger charge is -2.30. The molecule has 1 heteroatoms. The van der Waals surface area contributed by atoms with Crippen molar-refractivity contribution in [2.45, 2.75) is 58.5 Å². The second-order valence-electron chi connectivity index (χ2n) is 3.20. The van der Waals surface area contributed by atoms with E-state index in [0.29, 0.717) is 0 Å². The largest absolute Gasteiger partial charge is 0.378 e. The van der Waals surface area contributed by atoms with Gasteiger partial charge in [-0.15, -0.1) is 0 Å². The summed E-state index contributed by atoms with van der Waals surface area (Å²) in [6.45, 7) is 6.65. The first-order valence-corrected chi connectivity index (χ1v) is 4.79. The molecule has 0 atom stereocenters. The molecule has 11 heavy (non-hydrogen) atoms. The summed E-state index contributed by atoms with van der Waals surface area (Å²) in [5.74, 6) is 0. The lowest BCUT2D eigenvalue weighted by Crippen LogP contribution is -2.29. The minimum atomic E-state index is 0.177. The summed E-state index contributed by atoms with van der Waals surface area (Å²) in [7, 11) is 1.84. The molecule has 0 saturated heterocycles. The Morgan fingerprint density at radius 3 is 1.91 bits per heavy atom. The van der Waals surface area contributed by atoms with Crippen molar-refractivity contribution < 1.29 is 4.74 Å². The molecule has 0 bridgehead atoms. The van der Waals surface area contributed by atoms with E-state index < -0.39 is 0 Å². The van der Waals surface area contributed by atoms with Crippen molar-refractivity contribution in [3.05, 3.63) is 0 Å². The highest BCUT2D eigenvalue weighted by Gasteiger charge is 2.23. The van der Waals surface area contributed by atoms with Gasteiger partial charge in [-0.1, -0.05) is 33.6 Å². The first-order valence-electron chi connectivity index (χ1n) is 4.79. The predicted molar refractivity (Wildman–Crippen MR) is 49.8 cm³/mol. The van der Waals surface area contributed by atoms with Crippen LogP contribution in [0.2, 0.25) is 0 Å². The van der Waals surface area contributed by atoms with Crippen LogP contribution in [0.5, 0.6) is 0 Å². The maximum atomic E-state index is 5.54. The van der Waals surface area contributed by atoms with Crippen LogP contribution in [0, 0.1) is 0 Å². The van der Waals surface area contributed by atoms with Gasteiger partial charge < -0.3 is 4.74 Å². The molecule has 0 heterocycles. The van der Waals surface area contributed by atoms with Gasteiger partial charge in [0.2, 0.25) is 0 Å². The maximum Gasteiger partial charge on any atom is 0.0673 e. The molecule has 0 unspecified atom stereocenters. The van der Waals surface area contributed by atoms with E-state index in [1.54, 1.807) is 0 Å². The van der Waals surface area contributed by atoms with Gasteiger partial charge >= 0.3 is 0 Å². The minimum absolute atomic E-state index is 0.177. The third-order valence-corrected chi connectivity index (χ3v) is 2.71. The standard InChI is InChI=1S/C10H22O/c1-5-8-9-10(6-2,7-3)11-4/h5-9H2,1-4H3. The highest BCUT2D eigenvalue weighted by atomic mass is 16.5. The molecule has 68 valence electrons. The Balaban J connectivity index is 3.84. The molecule has 1 nitrogen and oxygen atoms in total. The molecule has 0 aliphatic carbocycles. The fourth-order valence-corrected chi connectivity index (χ4v) is 1.49. The van der Waals surface area contributed by atoms with Crippen molar-refractivity contribution in [2.24, 2.45) is 0 Å². The van der Waals surface area contributed by atoms with Gasteiger partial charge in [0.25, 0.3) is 0 Å². The first kappa shape index (κ1) is 11.0. The fourth-order valence-electron chi connectivity index (χ4n) is 1.49. The van der Waals surface area contributed by atoms with Crippen molar-refractivity contribution >= 4 is 0 Å². The van der Waals surface area contributed by atoms with E-state index in [-0.39, 0.29) is 5.60 Å². The molecule has 0 amide bonds. The lowest BCUT2D eigenvalue weighted by atomic mass is 9.91. The topological polar surface area (TPSA) is 9.23 Å². The second-order valence-corrected chi connectivity index (χ2v) is 3.20. The molecule has 0 radical (unpaired) electrons. The summed E-state index contributed by atoms with van der Waals surface area (Å²) < 4.78 is 5.54. The van der Waals surface area contributed by atoms with Gasteiger partial charge in [0.1, 0.15) is 0 Å². The Labute approximate surface area is 71.1 Å². The summed E-state index contributed by atoms with van der Waals surface area (Å²) in [6.07, 6.45) is 6.05. The Bertz CT molecular complexity index is 76.6. The molecule has 0 aromatic carbocycles. The van der Waals surface area contributed by atoms with Crippen LogP contribution in [0.3, 0.4) is 0 Å². The summed E-state index contributed by atoms with van der Waals surface area (Å²) >= 11 is 0. The van der Waals surface area contributed by atoms with E-state index in [4.69, 9.17) is 4.74 Å². The molecule has 0 fully saturated rings. The van der Waals surface area contributed by atoms with Crippen LogP contribution in [0.15, 0.2) is 0 Å². The number of hydrogen-bond acceptors (Lipinski definition) is 1. The molecule has 0 rings (SSSR count). The smallest absolute Gasteiger partial charge is 0.0673 e. The van der Waals surface area contributed by atoms with Crippen molar-refractivity contribution in [1.82, 2.24) is 0 Å². The van der Waals surface area contributed by atoms with Gasteiger partial charge in [-0.25, -0.2) is 0 Å². The van der Waals surface area contributed by atoms with Gasteiger partial charge in [0.05, 0.1) is 5.60 Å². The molecule has 0 spiro atoms. The Hall–Kier alpha value is -0.0400. The zero-order valence-electron chi connectivity index (χ0n) is 8.44. The Kier molecular flexibility index (Phi) is 5.57. The zero-order valence-corrected chi connectivity index (χ0v) is 8.44. The van der Waals surface area contributed by atoms with Gasteiger partial charge in [-0.05, 0) is 19.3 Å². The Morgan fingerprint density at radius 1 is 1.09 bits per heavy atom. The lowest BCUT2D eigenvalue weighted by molar-refractivity contribution is -0.0252. The summed E-state index contributed by atoms with van der Waals surface area (Å²) in [6, 6.07) is 0. The highest BCUT2D eigenvalue weighted by molar-refractivity contribution is 4.76. The molecule has 0 N–H and O–H groups in total. The van der Waals surface area contributed by atoms with E-state index in [9.17, 15) is 0 Å². The normalized spacial score (nSPS) is 12.0. The molecule has 0 aromatic heterocycles. The third kappa shape index (κ3) is 3.24. The van der Waals surface area contributed by atoms with Gasteiger partial charge in [-0.3, -0.25) is 0 Å². The van der Waals surface area contributed by atoms with E-state index in [1.807, 2.05) is 7.11 Å². The third-order valence-electron chi connectivity index (χ3n) is 2.71. The average molecular weight is 158 g/mol. The fraction of sp³-hybridized carbons (Fsp3) is 1.00. The molecule has 0 aliphatic heterocycles. The van der Waals surface area contributed by atoms with E-state index in [1.165, 1.54) is 19.3 Å². The van der Waals surface area contributed by atoms with Crippen molar-refractivity contribution in [3.63, 3.8) is 0 Å². The monoisotopic (exact) mass is 158 g/mol. The van der Waals surface area contributed by atoms with E-state index in [0.717, 1.165) is 12.8 Å². The maximum absolute atomic E-state index is 5.54. The quantitative estimate of drug-likeness (QED) is 0.576. The number of ether oxygens (including phenoxy) is 1. The van der Waals surface area contributed by atoms with E-state index in [2.05, 4.69) is 20.8 Å². The molecule has 0 aliphatic rings. The number of methoxy groups -OCH3 is 1. The molecule has 0 aromatic rings. The van der Waals surface area contributed by atoms with Crippen molar-refractivity contribution in [2.75, 3.05) is 7.11 Å². The van der Waals surface area contributed by atoms with Crippen LogP contribution >= 0.6 is 0 Å². The van der Waals surface area contributed by atoms with Crippen molar-refractivity contribution in [3.8, 4) is 0 Å². The summed E-state index contributed by atoms with van der Waals surface area (Å²) in [5.41, 5.74) is 0.177. The van der Waals surface area contributed by atoms with Gasteiger partial charge in [0.15, 0.2) is 0 Å². The summed E-state index contributed by atoms with van der Waals surface area (Å²) in [4.78, 5) is 0. The Morgan fingerprint density at radius 2 is 1.64 bits per heavy atom. The van der Waals surface area contributed by atoms with Crippen LogP contribution in [0.1, 0.15) is 52.9 Å². The SMILES string of the molecule is CCCCC(CC)(CC)OC. The van der Waals surface area contributed by atoms with Crippen LogP contribution in [-0.4, -0.2) is 12.7 Å². The second kappa shape index (κ2) is 5.59.